The van der Waals surface area contributed by atoms with E-state index in [0.29, 0.717) is 5.82 Å². The van der Waals surface area contributed by atoms with Crippen molar-refractivity contribution < 1.29 is 5.11 Å². The first-order chi connectivity index (χ1) is 12.7. The summed E-state index contributed by atoms with van der Waals surface area (Å²) in [5.74, 6) is 0.710. The maximum atomic E-state index is 9.59. The lowest BCUT2D eigenvalue weighted by atomic mass is 10.1. The van der Waals surface area contributed by atoms with Gasteiger partial charge in [0, 0.05) is 11.8 Å². The number of nitrogens with two attached hydrogens (primary N) is 1. The fourth-order valence-electron chi connectivity index (χ4n) is 3.92. The summed E-state index contributed by atoms with van der Waals surface area (Å²) in [7, 11) is 0. The summed E-state index contributed by atoms with van der Waals surface area (Å²) in [5.41, 5.74) is 11.7. The minimum atomic E-state index is 0.231. The molecule has 26 heavy (non-hydrogen) atoms. The second kappa shape index (κ2) is 5.59. The van der Waals surface area contributed by atoms with Crippen molar-refractivity contribution in [1.29, 1.82) is 0 Å². The number of hydrogen-bond acceptors (Lipinski definition) is 4. The van der Waals surface area contributed by atoms with Crippen LogP contribution in [-0.2, 0) is 12.8 Å². The van der Waals surface area contributed by atoms with Crippen molar-refractivity contribution in [3.63, 3.8) is 0 Å². The van der Waals surface area contributed by atoms with Crippen LogP contribution in [0.4, 0.5) is 5.82 Å². The SMILES string of the molecule is Nc1nccc2c1c(-c1ccc(O)cc1)nn2C1Cc2ccccc2C1. The molecule has 2 aromatic heterocycles. The first-order valence-electron chi connectivity index (χ1n) is 8.69. The number of pyridine rings is 1. The monoisotopic (exact) mass is 342 g/mol. The van der Waals surface area contributed by atoms with Gasteiger partial charge in [0.05, 0.1) is 16.9 Å². The van der Waals surface area contributed by atoms with Gasteiger partial charge in [0.25, 0.3) is 0 Å². The van der Waals surface area contributed by atoms with Crippen LogP contribution in [0.2, 0.25) is 0 Å². The Morgan fingerprint density at radius 3 is 2.35 bits per heavy atom. The van der Waals surface area contributed by atoms with Gasteiger partial charge in [-0.3, -0.25) is 4.68 Å². The molecule has 0 unspecified atom stereocenters. The highest BCUT2D eigenvalue weighted by atomic mass is 16.3. The van der Waals surface area contributed by atoms with Gasteiger partial charge in [-0.05, 0) is 54.3 Å². The van der Waals surface area contributed by atoms with Gasteiger partial charge in [-0.2, -0.15) is 5.10 Å². The zero-order valence-corrected chi connectivity index (χ0v) is 14.1. The van der Waals surface area contributed by atoms with Crippen LogP contribution in [0.25, 0.3) is 22.2 Å². The van der Waals surface area contributed by atoms with E-state index in [1.54, 1.807) is 18.3 Å². The molecule has 3 N–H and O–H groups in total. The quantitative estimate of drug-likeness (QED) is 0.582. The van der Waals surface area contributed by atoms with Crippen LogP contribution in [0.3, 0.4) is 0 Å². The maximum Gasteiger partial charge on any atom is 0.135 e. The molecule has 0 amide bonds. The van der Waals surface area contributed by atoms with E-state index in [9.17, 15) is 5.11 Å². The zero-order valence-electron chi connectivity index (χ0n) is 14.1. The highest BCUT2D eigenvalue weighted by molar-refractivity contribution is 6.00. The first-order valence-corrected chi connectivity index (χ1v) is 8.69. The van der Waals surface area contributed by atoms with Gasteiger partial charge in [0.2, 0.25) is 0 Å². The second-order valence-electron chi connectivity index (χ2n) is 6.76. The summed E-state index contributed by atoms with van der Waals surface area (Å²) < 4.78 is 2.09. The molecule has 0 radical (unpaired) electrons. The number of phenolic OH excluding ortho intramolecular Hbond substituents is 1. The Morgan fingerprint density at radius 2 is 1.65 bits per heavy atom. The van der Waals surface area contributed by atoms with Gasteiger partial charge in [0.15, 0.2) is 0 Å². The number of hydrogen-bond donors (Lipinski definition) is 2. The molecule has 4 aromatic rings. The molecule has 1 aliphatic carbocycles. The van der Waals surface area contributed by atoms with Gasteiger partial charge in [0.1, 0.15) is 17.3 Å². The maximum absolute atomic E-state index is 9.59. The Morgan fingerprint density at radius 1 is 0.962 bits per heavy atom. The molecule has 128 valence electrons. The number of anilines is 1. The lowest BCUT2D eigenvalue weighted by Gasteiger charge is -2.11. The second-order valence-corrected chi connectivity index (χ2v) is 6.76. The Balaban J connectivity index is 1.68. The van der Waals surface area contributed by atoms with Gasteiger partial charge in [-0.1, -0.05) is 24.3 Å². The molecule has 0 atom stereocenters. The van der Waals surface area contributed by atoms with E-state index in [0.717, 1.165) is 35.0 Å². The molecule has 5 heteroatoms. The number of aromatic hydroxyl groups is 1. The molecule has 1 aliphatic rings. The van der Waals surface area contributed by atoms with Gasteiger partial charge >= 0.3 is 0 Å². The molecule has 2 heterocycles. The van der Waals surface area contributed by atoms with Crippen molar-refractivity contribution in [2.45, 2.75) is 18.9 Å². The highest BCUT2D eigenvalue weighted by Crippen LogP contribution is 2.37. The Hall–Kier alpha value is -3.34. The van der Waals surface area contributed by atoms with Gasteiger partial charge in [-0.15, -0.1) is 0 Å². The van der Waals surface area contributed by atoms with Crippen LogP contribution in [0.5, 0.6) is 5.75 Å². The summed E-state index contributed by atoms with van der Waals surface area (Å²) in [5, 5.41) is 15.4. The normalized spacial score (nSPS) is 14.0. The van der Waals surface area contributed by atoms with E-state index >= 15 is 0 Å². The molecular weight excluding hydrogens is 324 g/mol. The van der Waals surface area contributed by atoms with E-state index in [1.807, 2.05) is 18.2 Å². The summed E-state index contributed by atoms with van der Waals surface area (Å²) in [6.45, 7) is 0. The van der Waals surface area contributed by atoms with E-state index in [2.05, 4.69) is 33.9 Å². The third-order valence-corrected chi connectivity index (χ3v) is 5.17. The molecule has 5 rings (SSSR count). The van der Waals surface area contributed by atoms with Gasteiger partial charge in [-0.25, -0.2) is 4.98 Å². The third kappa shape index (κ3) is 2.24. The van der Waals surface area contributed by atoms with E-state index in [4.69, 9.17) is 10.8 Å². The van der Waals surface area contributed by atoms with Crippen LogP contribution in [0, 0.1) is 0 Å². The molecule has 0 aliphatic heterocycles. The van der Waals surface area contributed by atoms with Crippen LogP contribution in [-0.4, -0.2) is 19.9 Å². The molecular formula is C21H18N4O. The molecule has 0 saturated heterocycles. The summed E-state index contributed by atoms with van der Waals surface area (Å²) in [4.78, 5) is 4.27. The number of rotatable bonds is 2. The average Bonchev–Trinajstić information content (AvgIpc) is 3.24. The van der Waals surface area contributed by atoms with Crippen LogP contribution in [0.1, 0.15) is 17.2 Å². The largest absolute Gasteiger partial charge is 0.508 e. The molecule has 0 saturated carbocycles. The topological polar surface area (TPSA) is 77.0 Å². The first kappa shape index (κ1) is 15.0. The summed E-state index contributed by atoms with van der Waals surface area (Å²) >= 11 is 0. The Bertz CT molecular complexity index is 1090. The van der Waals surface area contributed by atoms with E-state index in [1.165, 1.54) is 11.1 Å². The fraction of sp³-hybridized carbons (Fsp3) is 0.143. The van der Waals surface area contributed by atoms with E-state index < -0.39 is 0 Å². The smallest absolute Gasteiger partial charge is 0.135 e. The summed E-state index contributed by atoms with van der Waals surface area (Å²) in [6.07, 6.45) is 3.66. The Labute approximate surface area is 150 Å². The summed E-state index contributed by atoms with van der Waals surface area (Å²) in [6, 6.07) is 17.9. The number of phenols is 1. The van der Waals surface area contributed by atoms with Crippen LogP contribution < -0.4 is 5.73 Å². The van der Waals surface area contributed by atoms with Crippen molar-refractivity contribution in [3.8, 4) is 17.0 Å². The van der Waals surface area contributed by atoms with Crippen LogP contribution >= 0.6 is 0 Å². The minimum absolute atomic E-state index is 0.231. The average molecular weight is 342 g/mol. The molecule has 0 bridgehead atoms. The van der Waals surface area contributed by atoms with Crippen molar-refractivity contribution in [2.75, 3.05) is 5.73 Å². The van der Waals surface area contributed by atoms with Crippen molar-refractivity contribution in [2.24, 2.45) is 0 Å². The van der Waals surface area contributed by atoms with E-state index in [-0.39, 0.29) is 11.8 Å². The van der Waals surface area contributed by atoms with Crippen LogP contribution in [0.15, 0.2) is 60.8 Å². The highest BCUT2D eigenvalue weighted by Gasteiger charge is 2.26. The number of benzene rings is 2. The van der Waals surface area contributed by atoms with Crippen molar-refractivity contribution in [1.82, 2.24) is 14.8 Å². The fourth-order valence-corrected chi connectivity index (χ4v) is 3.92. The molecule has 2 aromatic carbocycles. The number of aromatic nitrogens is 3. The number of nitrogen functional groups attached to an aromatic ring is 1. The van der Waals surface area contributed by atoms with Crippen molar-refractivity contribution >= 4 is 16.7 Å². The lowest BCUT2D eigenvalue weighted by Crippen LogP contribution is -2.10. The number of fused-ring (bicyclic) bond motifs is 2. The third-order valence-electron chi connectivity index (χ3n) is 5.17. The van der Waals surface area contributed by atoms with Gasteiger partial charge < -0.3 is 10.8 Å². The number of nitrogens with zero attached hydrogens (tertiary/aromatic N) is 3. The molecule has 5 nitrogen and oxygen atoms in total. The van der Waals surface area contributed by atoms with Crippen molar-refractivity contribution in [3.05, 3.63) is 71.9 Å². The molecule has 0 spiro atoms. The lowest BCUT2D eigenvalue weighted by molar-refractivity contribution is 0.475. The Kier molecular flexibility index (Phi) is 3.22. The minimum Gasteiger partial charge on any atom is -0.508 e. The standard InChI is InChI=1S/C21H18N4O/c22-21-19-18(9-10-23-21)25(16-11-14-3-1-2-4-15(14)12-16)24-20(19)13-5-7-17(26)8-6-13/h1-10,16,26H,11-12H2,(H2,22,23). The predicted molar refractivity (Wildman–Crippen MR) is 102 cm³/mol. The molecule has 0 fully saturated rings. The zero-order chi connectivity index (χ0) is 17.7. The predicted octanol–water partition coefficient (Wildman–Crippen LogP) is 3.73.